The molecule has 208 valence electrons. The Kier molecular flexibility index (Phi) is 7.63. The Morgan fingerprint density at radius 1 is 0.900 bits per heavy atom. The van der Waals surface area contributed by atoms with Gasteiger partial charge in [0.25, 0.3) is 10.0 Å². The molecule has 40 heavy (non-hydrogen) atoms. The minimum atomic E-state index is -3.66. The fourth-order valence-corrected chi connectivity index (χ4v) is 7.34. The molecule has 1 amide bonds. The van der Waals surface area contributed by atoms with E-state index in [0.717, 1.165) is 85.2 Å². The SMILES string of the molecule is O=C1CCc2ccc(OCCCCN3CCC(c4cn(S(=O)(=O)c5ccccc5)c5ccccc45)CC3)cc2N1. The molecule has 0 bridgehead atoms. The summed E-state index contributed by atoms with van der Waals surface area (Å²) < 4.78 is 34.3. The number of rotatable bonds is 9. The third kappa shape index (κ3) is 5.51. The van der Waals surface area contributed by atoms with E-state index in [1.807, 2.05) is 54.7 Å². The second-order valence-electron chi connectivity index (χ2n) is 10.8. The van der Waals surface area contributed by atoms with Crippen molar-refractivity contribution in [2.24, 2.45) is 0 Å². The number of unbranched alkanes of at least 4 members (excludes halogenated alkanes) is 1. The fraction of sp³-hybridized carbons (Fsp3) is 0.344. The lowest BCUT2D eigenvalue weighted by Gasteiger charge is -2.32. The second kappa shape index (κ2) is 11.5. The maximum absolute atomic E-state index is 13.5. The van der Waals surface area contributed by atoms with Crippen molar-refractivity contribution in [3.05, 3.63) is 90.1 Å². The van der Waals surface area contributed by atoms with Crippen LogP contribution in [-0.4, -0.2) is 49.4 Å². The number of amides is 1. The van der Waals surface area contributed by atoms with E-state index in [4.69, 9.17) is 4.74 Å². The summed E-state index contributed by atoms with van der Waals surface area (Å²) >= 11 is 0. The van der Waals surface area contributed by atoms with E-state index in [1.54, 1.807) is 24.3 Å². The molecule has 7 nitrogen and oxygen atoms in total. The summed E-state index contributed by atoms with van der Waals surface area (Å²) in [7, 11) is -3.66. The summed E-state index contributed by atoms with van der Waals surface area (Å²) in [4.78, 5) is 14.5. The lowest BCUT2D eigenvalue weighted by molar-refractivity contribution is -0.116. The number of nitrogens with zero attached hydrogens (tertiary/aromatic N) is 2. The molecule has 0 spiro atoms. The Labute approximate surface area is 235 Å². The number of carbonyl (C=O) groups excluding carboxylic acids is 1. The minimum absolute atomic E-state index is 0.0661. The highest BCUT2D eigenvalue weighted by Crippen LogP contribution is 2.36. The van der Waals surface area contributed by atoms with Gasteiger partial charge in [0, 0.05) is 29.8 Å². The van der Waals surface area contributed by atoms with Gasteiger partial charge in [-0.3, -0.25) is 4.79 Å². The van der Waals surface area contributed by atoms with Crippen molar-refractivity contribution in [2.45, 2.75) is 49.3 Å². The number of aromatic nitrogens is 1. The monoisotopic (exact) mass is 557 g/mol. The topological polar surface area (TPSA) is 80.6 Å². The number of likely N-dealkylation sites (tertiary alicyclic amines) is 1. The molecule has 3 aromatic carbocycles. The van der Waals surface area contributed by atoms with Crippen molar-refractivity contribution >= 4 is 32.5 Å². The first-order chi connectivity index (χ1) is 19.5. The number of hydrogen-bond donors (Lipinski definition) is 1. The fourth-order valence-electron chi connectivity index (χ4n) is 5.94. The summed E-state index contributed by atoms with van der Waals surface area (Å²) in [5.74, 6) is 1.20. The predicted octanol–water partition coefficient (Wildman–Crippen LogP) is 5.80. The zero-order chi connectivity index (χ0) is 27.5. The van der Waals surface area contributed by atoms with Gasteiger partial charge < -0.3 is 15.0 Å². The molecule has 0 radical (unpaired) electrons. The summed E-state index contributed by atoms with van der Waals surface area (Å²) in [6.45, 7) is 3.68. The number of hydrogen-bond acceptors (Lipinski definition) is 5. The highest BCUT2D eigenvalue weighted by molar-refractivity contribution is 7.90. The molecule has 3 heterocycles. The Balaban J connectivity index is 1.02. The molecule has 4 aromatic rings. The molecule has 0 unspecified atom stereocenters. The van der Waals surface area contributed by atoms with Crippen molar-refractivity contribution in [3.63, 3.8) is 0 Å². The number of carbonyl (C=O) groups is 1. The van der Waals surface area contributed by atoms with E-state index in [0.29, 0.717) is 23.8 Å². The number of piperidine rings is 1. The van der Waals surface area contributed by atoms with Crippen molar-refractivity contribution in [1.82, 2.24) is 8.87 Å². The molecule has 0 atom stereocenters. The van der Waals surface area contributed by atoms with E-state index in [2.05, 4.69) is 10.2 Å². The van der Waals surface area contributed by atoms with Crippen LogP contribution in [0.3, 0.4) is 0 Å². The molecule has 2 aliphatic rings. The first-order valence-electron chi connectivity index (χ1n) is 14.2. The van der Waals surface area contributed by atoms with Gasteiger partial charge in [-0.25, -0.2) is 12.4 Å². The lowest BCUT2D eigenvalue weighted by atomic mass is 9.89. The Morgan fingerprint density at radius 2 is 1.68 bits per heavy atom. The molecule has 1 N–H and O–H groups in total. The summed E-state index contributed by atoms with van der Waals surface area (Å²) in [5, 5.41) is 3.96. The smallest absolute Gasteiger partial charge is 0.268 e. The summed E-state index contributed by atoms with van der Waals surface area (Å²) in [5.41, 5.74) is 3.91. The van der Waals surface area contributed by atoms with Crippen LogP contribution in [0, 0.1) is 0 Å². The molecule has 1 aromatic heterocycles. The van der Waals surface area contributed by atoms with E-state index >= 15 is 0 Å². The quantitative estimate of drug-likeness (QED) is 0.263. The maximum Gasteiger partial charge on any atom is 0.268 e. The molecular weight excluding hydrogens is 522 g/mol. The van der Waals surface area contributed by atoms with Crippen molar-refractivity contribution < 1.29 is 17.9 Å². The number of benzene rings is 3. The van der Waals surface area contributed by atoms with Gasteiger partial charge in [-0.15, -0.1) is 0 Å². The number of para-hydroxylation sites is 1. The molecule has 2 aliphatic heterocycles. The van der Waals surface area contributed by atoms with Crippen LogP contribution in [0.2, 0.25) is 0 Å². The van der Waals surface area contributed by atoms with Crippen LogP contribution in [0.5, 0.6) is 5.75 Å². The van der Waals surface area contributed by atoms with Gasteiger partial charge in [-0.2, -0.15) is 0 Å². The summed E-state index contributed by atoms with van der Waals surface area (Å²) in [6.07, 6.45) is 7.23. The van der Waals surface area contributed by atoms with Crippen LogP contribution in [0.15, 0.2) is 83.9 Å². The Bertz CT molecular complexity index is 1610. The molecule has 1 fully saturated rings. The lowest BCUT2D eigenvalue weighted by Crippen LogP contribution is -2.33. The third-order valence-corrected chi connectivity index (χ3v) is 9.84. The number of fused-ring (bicyclic) bond motifs is 2. The highest BCUT2D eigenvalue weighted by atomic mass is 32.2. The predicted molar refractivity (Wildman–Crippen MR) is 158 cm³/mol. The first kappa shape index (κ1) is 26.6. The van der Waals surface area contributed by atoms with Crippen LogP contribution in [-0.2, 0) is 21.2 Å². The number of anilines is 1. The van der Waals surface area contributed by atoms with Gasteiger partial charge >= 0.3 is 0 Å². The molecule has 1 saturated heterocycles. The third-order valence-electron chi connectivity index (χ3n) is 8.15. The average molecular weight is 558 g/mol. The normalized spacial score (nSPS) is 16.6. The zero-order valence-electron chi connectivity index (χ0n) is 22.6. The van der Waals surface area contributed by atoms with E-state index in [1.165, 1.54) is 3.97 Å². The highest BCUT2D eigenvalue weighted by Gasteiger charge is 2.27. The van der Waals surface area contributed by atoms with Crippen LogP contribution >= 0.6 is 0 Å². The number of aryl methyl sites for hydroxylation is 1. The minimum Gasteiger partial charge on any atom is -0.494 e. The van der Waals surface area contributed by atoms with Crippen molar-refractivity contribution in [1.29, 1.82) is 0 Å². The van der Waals surface area contributed by atoms with Crippen molar-refractivity contribution in [3.8, 4) is 5.75 Å². The van der Waals surface area contributed by atoms with Crippen LogP contribution in [0.1, 0.15) is 49.1 Å². The standard InChI is InChI=1S/C32H35N3O4S/c36-32-15-13-25-12-14-26(22-30(25)33-32)39-21-7-6-18-34-19-16-24(17-20-34)29-23-35(31-11-5-4-10-28(29)31)40(37,38)27-8-2-1-3-9-27/h1-5,8-12,14,22-24H,6-7,13,15-21H2,(H,33,36). The van der Waals surface area contributed by atoms with E-state index < -0.39 is 10.0 Å². The number of ether oxygens (including phenoxy) is 1. The van der Waals surface area contributed by atoms with E-state index in [-0.39, 0.29) is 5.91 Å². The molecule has 6 rings (SSSR count). The largest absolute Gasteiger partial charge is 0.494 e. The van der Waals surface area contributed by atoms with Gasteiger partial charge in [0.05, 0.1) is 17.0 Å². The van der Waals surface area contributed by atoms with Gasteiger partial charge in [0.15, 0.2) is 0 Å². The van der Waals surface area contributed by atoms with Crippen LogP contribution in [0.25, 0.3) is 10.9 Å². The van der Waals surface area contributed by atoms with Crippen molar-refractivity contribution in [2.75, 3.05) is 31.6 Å². The van der Waals surface area contributed by atoms with Crippen LogP contribution < -0.4 is 10.1 Å². The average Bonchev–Trinajstić information content (AvgIpc) is 3.38. The molecule has 0 aliphatic carbocycles. The molecule has 8 heteroatoms. The number of nitrogens with one attached hydrogen (secondary N) is 1. The van der Waals surface area contributed by atoms with Crippen LogP contribution in [0.4, 0.5) is 5.69 Å². The zero-order valence-corrected chi connectivity index (χ0v) is 23.4. The summed E-state index contributed by atoms with van der Waals surface area (Å²) in [6, 6.07) is 22.5. The van der Waals surface area contributed by atoms with Gasteiger partial charge in [0.2, 0.25) is 5.91 Å². The van der Waals surface area contributed by atoms with Gasteiger partial charge in [-0.1, -0.05) is 42.5 Å². The second-order valence-corrected chi connectivity index (χ2v) is 12.6. The van der Waals surface area contributed by atoms with Gasteiger partial charge in [0.1, 0.15) is 5.75 Å². The van der Waals surface area contributed by atoms with E-state index in [9.17, 15) is 13.2 Å². The first-order valence-corrected chi connectivity index (χ1v) is 15.6. The maximum atomic E-state index is 13.5. The molecule has 0 saturated carbocycles. The van der Waals surface area contributed by atoms with Gasteiger partial charge in [-0.05, 0) is 93.0 Å². The molecular formula is C32H35N3O4S. The Hall–Kier alpha value is -3.62. The Morgan fingerprint density at radius 3 is 2.50 bits per heavy atom.